The zero-order valence-electron chi connectivity index (χ0n) is 18.6. The van der Waals surface area contributed by atoms with E-state index in [1.165, 1.54) is 5.56 Å². The Balaban J connectivity index is 1.47. The van der Waals surface area contributed by atoms with Crippen LogP contribution >= 0.6 is 0 Å². The lowest BCUT2D eigenvalue weighted by molar-refractivity contribution is -0.121. The third-order valence-corrected chi connectivity index (χ3v) is 6.08. The summed E-state index contributed by atoms with van der Waals surface area (Å²) < 4.78 is 5.38. The number of hydrogen-bond donors (Lipinski definition) is 1. The topological polar surface area (TPSA) is 54.5 Å². The molecule has 1 amide bonds. The third-order valence-electron chi connectivity index (χ3n) is 6.08. The van der Waals surface area contributed by atoms with Gasteiger partial charge < -0.3 is 10.1 Å². The minimum Gasteiger partial charge on any atom is -0.497 e. The molecular weight excluding hydrogens is 398 g/mol. The maximum Gasteiger partial charge on any atom is 0.224 e. The van der Waals surface area contributed by atoms with Crippen LogP contribution in [0.25, 0.3) is 0 Å². The molecule has 5 heteroatoms. The van der Waals surface area contributed by atoms with E-state index >= 15 is 0 Å². The lowest BCUT2D eigenvalue weighted by Gasteiger charge is -2.37. The number of piperidine rings is 1. The molecule has 1 aliphatic heterocycles. The predicted molar refractivity (Wildman–Crippen MR) is 126 cm³/mol. The van der Waals surface area contributed by atoms with Crippen LogP contribution in [0.15, 0.2) is 79.0 Å². The van der Waals surface area contributed by atoms with Gasteiger partial charge in [0, 0.05) is 19.3 Å². The molecule has 166 valence electrons. The molecule has 0 radical (unpaired) electrons. The number of nitrogens with one attached hydrogen (secondary N) is 1. The second-order valence-electron chi connectivity index (χ2n) is 8.45. The van der Waals surface area contributed by atoms with Crippen molar-refractivity contribution in [2.45, 2.75) is 31.8 Å². The lowest BCUT2D eigenvalue weighted by atomic mass is 9.88. The minimum absolute atomic E-state index is 0.0387. The number of carbonyl (C=O) groups is 1. The first kappa shape index (κ1) is 22.0. The van der Waals surface area contributed by atoms with Crippen LogP contribution in [0.2, 0.25) is 0 Å². The minimum atomic E-state index is -0.0967. The third kappa shape index (κ3) is 5.95. The monoisotopic (exact) mass is 429 g/mol. The van der Waals surface area contributed by atoms with E-state index in [9.17, 15) is 4.79 Å². The van der Waals surface area contributed by atoms with Crippen LogP contribution in [-0.4, -0.2) is 36.0 Å². The summed E-state index contributed by atoms with van der Waals surface area (Å²) in [6, 6.07) is 24.0. The van der Waals surface area contributed by atoms with Crippen molar-refractivity contribution in [1.82, 2.24) is 15.2 Å². The largest absolute Gasteiger partial charge is 0.497 e. The van der Waals surface area contributed by atoms with Gasteiger partial charge in [-0.3, -0.25) is 14.7 Å². The van der Waals surface area contributed by atoms with Crippen molar-refractivity contribution < 1.29 is 9.53 Å². The number of aromatic nitrogens is 1. The summed E-state index contributed by atoms with van der Waals surface area (Å²) in [5, 5.41) is 3.31. The number of carbonyl (C=O) groups excluding carboxylic acids is 1. The van der Waals surface area contributed by atoms with Gasteiger partial charge in [0.15, 0.2) is 0 Å². The molecule has 0 bridgehead atoms. The average molecular weight is 430 g/mol. The molecule has 0 spiro atoms. The maximum absolute atomic E-state index is 12.9. The summed E-state index contributed by atoms with van der Waals surface area (Å²) in [4.78, 5) is 20.0. The number of pyridine rings is 1. The van der Waals surface area contributed by atoms with Gasteiger partial charge in [-0.15, -0.1) is 0 Å². The molecule has 1 fully saturated rings. The Hall–Kier alpha value is -3.18. The Labute approximate surface area is 190 Å². The Bertz CT molecular complexity index is 994. The van der Waals surface area contributed by atoms with Crippen molar-refractivity contribution in [3.8, 4) is 5.75 Å². The first-order valence-corrected chi connectivity index (χ1v) is 11.3. The molecule has 3 aromatic rings. The van der Waals surface area contributed by atoms with E-state index in [-0.39, 0.29) is 11.9 Å². The molecule has 2 unspecified atom stereocenters. The molecular formula is C27H31N3O2. The first-order chi connectivity index (χ1) is 15.7. The highest BCUT2D eigenvalue weighted by Gasteiger charge is 2.30. The summed E-state index contributed by atoms with van der Waals surface area (Å²) in [5.74, 6) is 1.23. The molecule has 1 saturated heterocycles. The molecule has 2 heterocycles. The van der Waals surface area contributed by atoms with Gasteiger partial charge in [-0.05, 0) is 60.7 Å². The van der Waals surface area contributed by atoms with Crippen molar-refractivity contribution in [3.63, 3.8) is 0 Å². The van der Waals surface area contributed by atoms with E-state index in [0.717, 1.165) is 49.5 Å². The Morgan fingerprint density at radius 1 is 1.09 bits per heavy atom. The van der Waals surface area contributed by atoms with Crippen LogP contribution in [0.5, 0.6) is 5.75 Å². The number of methoxy groups -OCH3 is 1. The second kappa shape index (κ2) is 10.9. The molecule has 32 heavy (non-hydrogen) atoms. The number of hydrogen-bond acceptors (Lipinski definition) is 4. The van der Waals surface area contributed by atoms with E-state index in [1.807, 2.05) is 66.9 Å². The summed E-state index contributed by atoms with van der Waals surface area (Å²) in [6.45, 7) is 2.85. The Kier molecular flexibility index (Phi) is 7.51. The van der Waals surface area contributed by atoms with Crippen LogP contribution in [0.1, 0.15) is 35.7 Å². The maximum atomic E-state index is 12.9. The molecule has 0 saturated carbocycles. The summed E-state index contributed by atoms with van der Waals surface area (Å²) in [6.07, 6.45) is 4.36. The summed E-state index contributed by atoms with van der Waals surface area (Å²) in [5.41, 5.74) is 3.20. The van der Waals surface area contributed by atoms with Crippen LogP contribution in [-0.2, 0) is 17.8 Å². The van der Waals surface area contributed by atoms with E-state index in [0.29, 0.717) is 12.3 Å². The number of benzene rings is 2. The zero-order chi connectivity index (χ0) is 22.2. The van der Waals surface area contributed by atoms with E-state index in [4.69, 9.17) is 4.74 Å². The molecule has 1 aliphatic rings. The van der Waals surface area contributed by atoms with Gasteiger partial charge in [-0.2, -0.15) is 0 Å². The van der Waals surface area contributed by atoms with Gasteiger partial charge in [0.25, 0.3) is 0 Å². The van der Waals surface area contributed by atoms with Gasteiger partial charge in [-0.1, -0.05) is 48.5 Å². The van der Waals surface area contributed by atoms with Crippen molar-refractivity contribution in [2.75, 3.05) is 20.2 Å². The highest BCUT2D eigenvalue weighted by molar-refractivity contribution is 5.79. The fourth-order valence-electron chi connectivity index (χ4n) is 4.53. The second-order valence-corrected chi connectivity index (χ2v) is 8.45. The fraction of sp³-hybridized carbons (Fsp3) is 0.333. The van der Waals surface area contributed by atoms with Crippen LogP contribution in [0.3, 0.4) is 0 Å². The number of ether oxygens (including phenoxy) is 1. The smallest absolute Gasteiger partial charge is 0.224 e. The van der Waals surface area contributed by atoms with Crippen LogP contribution in [0.4, 0.5) is 0 Å². The van der Waals surface area contributed by atoms with Crippen molar-refractivity contribution in [3.05, 3.63) is 95.8 Å². The Morgan fingerprint density at radius 2 is 1.91 bits per heavy atom. The van der Waals surface area contributed by atoms with E-state index in [1.54, 1.807) is 7.11 Å². The quantitative estimate of drug-likeness (QED) is 0.577. The van der Waals surface area contributed by atoms with Crippen LogP contribution < -0.4 is 10.1 Å². The molecule has 1 aromatic heterocycles. The molecule has 5 nitrogen and oxygen atoms in total. The lowest BCUT2D eigenvalue weighted by Crippen LogP contribution is -2.43. The Morgan fingerprint density at radius 3 is 2.69 bits per heavy atom. The molecule has 0 aliphatic carbocycles. The van der Waals surface area contributed by atoms with Gasteiger partial charge >= 0.3 is 0 Å². The predicted octanol–water partition coefficient (Wildman–Crippen LogP) is 4.40. The highest BCUT2D eigenvalue weighted by atomic mass is 16.5. The van der Waals surface area contributed by atoms with Gasteiger partial charge in [-0.25, -0.2) is 0 Å². The molecule has 2 aromatic carbocycles. The number of rotatable bonds is 8. The van der Waals surface area contributed by atoms with Crippen LogP contribution in [0, 0.1) is 5.92 Å². The zero-order valence-corrected chi connectivity index (χ0v) is 18.6. The number of likely N-dealkylation sites (tertiary alicyclic amines) is 1. The number of amides is 1. The molecule has 2 atom stereocenters. The SMILES string of the molecule is COc1cccc(CN2CCCC(C(NC(=O)Cc3ccccc3)c3ccccn3)C2)c1. The van der Waals surface area contributed by atoms with E-state index in [2.05, 4.69) is 27.3 Å². The van der Waals surface area contributed by atoms with E-state index < -0.39 is 0 Å². The van der Waals surface area contributed by atoms with Gasteiger partial charge in [0.05, 0.1) is 25.3 Å². The van der Waals surface area contributed by atoms with Crippen molar-refractivity contribution in [2.24, 2.45) is 5.92 Å². The number of nitrogens with zero attached hydrogens (tertiary/aromatic N) is 2. The first-order valence-electron chi connectivity index (χ1n) is 11.3. The highest BCUT2D eigenvalue weighted by Crippen LogP contribution is 2.30. The summed E-state index contributed by atoms with van der Waals surface area (Å²) in [7, 11) is 1.70. The average Bonchev–Trinajstić information content (AvgIpc) is 2.84. The van der Waals surface area contributed by atoms with Crippen molar-refractivity contribution in [1.29, 1.82) is 0 Å². The molecule has 4 rings (SSSR count). The fourth-order valence-corrected chi connectivity index (χ4v) is 4.53. The standard InChI is InChI=1S/C27H31N3O2/c1-32-24-13-7-11-22(17-24)19-30-16-8-12-23(20-30)27(25-14-5-6-15-28-25)29-26(31)18-21-9-3-2-4-10-21/h2-7,9-11,13-15,17,23,27H,8,12,16,18-20H2,1H3,(H,29,31). The van der Waals surface area contributed by atoms with Gasteiger partial charge in [0.1, 0.15) is 5.75 Å². The van der Waals surface area contributed by atoms with Gasteiger partial charge in [0.2, 0.25) is 5.91 Å². The summed E-state index contributed by atoms with van der Waals surface area (Å²) >= 11 is 0. The van der Waals surface area contributed by atoms with Crippen molar-refractivity contribution >= 4 is 5.91 Å². The molecule has 1 N–H and O–H groups in total. The normalized spacial score (nSPS) is 17.5.